The highest BCUT2D eigenvalue weighted by atomic mass is 16.5. The minimum absolute atomic E-state index is 0.00923. The molecule has 1 aliphatic rings. The minimum atomic E-state index is 0.00923. The molecule has 0 spiro atoms. The van der Waals surface area contributed by atoms with Gasteiger partial charge in [-0.2, -0.15) is 0 Å². The summed E-state index contributed by atoms with van der Waals surface area (Å²) in [6, 6.07) is 7.84. The lowest BCUT2D eigenvalue weighted by Gasteiger charge is -2.31. The van der Waals surface area contributed by atoms with Crippen LogP contribution in [0.2, 0.25) is 0 Å². The van der Waals surface area contributed by atoms with Gasteiger partial charge in [-0.3, -0.25) is 9.59 Å². The summed E-state index contributed by atoms with van der Waals surface area (Å²) in [5.41, 5.74) is 1.08. The molecule has 5 nitrogen and oxygen atoms in total. The highest BCUT2D eigenvalue weighted by Gasteiger charge is 2.21. The molecular formula is C20H30N2O3. The molecule has 0 unspecified atom stereocenters. The first kappa shape index (κ1) is 19.3. The summed E-state index contributed by atoms with van der Waals surface area (Å²) in [6.45, 7) is 6.57. The van der Waals surface area contributed by atoms with Crippen LogP contribution in [-0.4, -0.2) is 54.9 Å². The Hall–Kier alpha value is -2.04. The molecule has 5 heteroatoms. The van der Waals surface area contributed by atoms with E-state index in [-0.39, 0.29) is 11.8 Å². The van der Waals surface area contributed by atoms with Gasteiger partial charge in [-0.15, -0.1) is 0 Å². The van der Waals surface area contributed by atoms with Gasteiger partial charge in [-0.25, -0.2) is 0 Å². The summed E-state index contributed by atoms with van der Waals surface area (Å²) in [4.78, 5) is 28.0. The maximum Gasteiger partial charge on any atom is 0.224 e. The fourth-order valence-corrected chi connectivity index (χ4v) is 3.24. The molecule has 1 heterocycles. The molecule has 1 aliphatic heterocycles. The van der Waals surface area contributed by atoms with Crippen LogP contribution < -0.4 is 4.74 Å². The monoisotopic (exact) mass is 346 g/mol. The van der Waals surface area contributed by atoms with Crippen LogP contribution in [0.4, 0.5) is 0 Å². The van der Waals surface area contributed by atoms with Gasteiger partial charge >= 0.3 is 0 Å². The molecular weight excluding hydrogens is 316 g/mol. The number of hydrogen-bond acceptors (Lipinski definition) is 3. The third kappa shape index (κ3) is 5.76. The van der Waals surface area contributed by atoms with Gasteiger partial charge in [0.15, 0.2) is 0 Å². The average Bonchev–Trinajstić information content (AvgIpc) is 2.62. The molecule has 0 N–H and O–H groups in total. The van der Waals surface area contributed by atoms with Crippen LogP contribution in [0, 0.1) is 5.92 Å². The summed E-state index contributed by atoms with van der Waals surface area (Å²) in [5, 5.41) is 0. The molecule has 0 bridgehead atoms. The van der Waals surface area contributed by atoms with Gasteiger partial charge in [-0.1, -0.05) is 25.1 Å². The van der Waals surface area contributed by atoms with E-state index in [4.69, 9.17) is 4.74 Å². The molecule has 0 atom stereocenters. The minimum Gasteiger partial charge on any atom is -0.496 e. The molecule has 1 fully saturated rings. The maximum atomic E-state index is 12.4. The number of piperidine rings is 1. The van der Waals surface area contributed by atoms with Crippen molar-refractivity contribution in [2.45, 2.75) is 39.5 Å². The number of hydrogen-bond donors (Lipinski definition) is 0. The lowest BCUT2D eigenvalue weighted by molar-refractivity contribution is -0.134. The van der Waals surface area contributed by atoms with Gasteiger partial charge in [0, 0.05) is 39.5 Å². The smallest absolute Gasteiger partial charge is 0.224 e. The predicted octanol–water partition coefficient (Wildman–Crippen LogP) is 2.73. The van der Waals surface area contributed by atoms with E-state index in [1.165, 1.54) is 0 Å². The summed E-state index contributed by atoms with van der Waals surface area (Å²) >= 11 is 0. The second-order valence-corrected chi connectivity index (χ2v) is 6.88. The Morgan fingerprint density at radius 1 is 1.20 bits per heavy atom. The fraction of sp³-hybridized carbons (Fsp3) is 0.600. The number of nitrogens with zero attached hydrogens (tertiary/aromatic N) is 2. The van der Waals surface area contributed by atoms with E-state index in [0.717, 1.165) is 43.7 Å². The topological polar surface area (TPSA) is 49.9 Å². The lowest BCUT2D eigenvalue weighted by atomic mass is 9.99. The second kappa shape index (κ2) is 9.44. The molecule has 1 aromatic rings. The zero-order valence-electron chi connectivity index (χ0n) is 15.7. The van der Waals surface area contributed by atoms with Crippen LogP contribution >= 0.6 is 0 Å². The Morgan fingerprint density at radius 3 is 2.52 bits per heavy atom. The average molecular weight is 346 g/mol. The van der Waals surface area contributed by atoms with Crippen molar-refractivity contribution in [1.29, 1.82) is 0 Å². The van der Waals surface area contributed by atoms with Crippen molar-refractivity contribution >= 4 is 11.8 Å². The van der Waals surface area contributed by atoms with Crippen molar-refractivity contribution in [2.24, 2.45) is 5.92 Å². The normalized spacial score (nSPS) is 15.1. The number of carbonyl (C=O) groups is 2. The first-order chi connectivity index (χ1) is 12.0. The number of ether oxygens (including phenoxy) is 1. The number of amides is 2. The van der Waals surface area contributed by atoms with Crippen LogP contribution in [0.5, 0.6) is 5.75 Å². The number of methoxy groups -OCH3 is 1. The highest BCUT2D eigenvalue weighted by molar-refractivity contribution is 5.78. The van der Waals surface area contributed by atoms with Crippen molar-refractivity contribution in [2.75, 3.05) is 33.3 Å². The number of benzene rings is 1. The van der Waals surface area contributed by atoms with E-state index in [9.17, 15) is 9.59 Å². The molecule has 0 saturated carbocycles. The molecule has 138 valence electrons. The van der Waals surface area contributed by atoms with Crippen LogP contribution in [0.3, 0.4) is 0 Å². The highest BCUT2D eigenvalue weighted by Crippen LogP contribution is 2.19. The Kier molecular flexibility index (Phi) is 7.29. The van der Waals surface area contributed by atoms with Crippen LogP contribution in [0.25, 0.3) is 0 Å². The van der Waals surface area contributed by atoms with E-state index >= 15 is 0 Å². The van der Waals surface area contributed by atoms with E-state index in [0.29, 0.717) is 25.4 Å². The quantitative estimate of drug-likeness (QED) is 0.763. The third-order valence-corrected chi connectivity index (χ3v) is 5.02. The maximum absolute atomic E-state index is 12.4. The summed E-state index contributed by atoms with van der Waals surface area (Å²) < 4.78 is 5.36. The first-order valence-corrected chi connectivity index (χ1v) is 9.16. The van der Waals surface area contributed by atoms with E-state index in [1.807, 2.05) is 29.2 Å². The molecule has 25 heavy (non-hydrogen) atoms. The van der Waals surface area contributed by atoms with Gasteiger partial charge < -0.3 is 14.5 Å². The van der Waals surface area contributed by atoms with Crippen molar-refractivity contribution in [1.82, 2.24) is 9.80 Å². The molecule has 1 saturated heterocycles. The molecule has 1 aromatic carbocycles. The van der Waals surface area contributed by atoms with Gasteiger partial charge in [0.05, 0.1) is 7.11 Å². The number of likely N-dealkylation sites (tertiary alicyclic amines) is 1. The molecule has 2 amide bonds. The summed E-state index contributed by atoms with van der Waals surface area (Å²) in [7, 11) is 1.65. The summed E-state index contributed by atoms with van der Waals surface area (Å²) in [5.74, 6) is 1.72. The standard InChI is InChI=1S/C20H30N2O3/c1-16-8-12-22(13-9-16)20(24)11-15-21(17(2)23)14-10-18-6-4-5-7-19(18)25-3/h4-7,16H,8-15H2,1-3H3. The molecule has 0 aliphatic carbocycles. The van der Waals surface area contributed by atoms with Crippen molar-refractivity contribution < 1.29 is 14.3 Å². The zero-order valence-corrected chi connectivity index (χ0v) is 15.7. The second-order valence-electron chi connectivity index (χ2n) is 6.88. The van der Waals surface area contributed by atoms with E-state index in [1.54, 1.807) is 18.9 Å². The van der Waals surface area contributed by atoms with Crippen molar-refractivity contribution in [3.63, 3.8) is 0 Å². The number of rotatable bonds is 7. The van der Waals surface area contributed by atoms with E-state index < -0.39 is 0 Å². The van der Waals surface area contributed by atoms with Gasteiger partial charge in [0.2, 0.25) is 11.8 Å². The predicted molar refractivity (Wildman–Crippen MR) is 98.5 cm³/mol. The Bertz CT molecular complexity index is 580. The van der Waals surface area contributed by atoms with E-state index in [2.05, 4.69) is 6.92 Å². The van der Waals surface area contributed by atoms with Gasteiger partial charge in [-0.05, 0) is 36.8 Å². The largest absolute Gasteiger partial charge is 0.496 e. The molecule has 0 aromatic heterocycles. The SMILES string of the molecule is COc1ccccc1CCN(CCC(=O)N1CCC(C)CC1)C(C)=O. The number of carbonyl (C=O) groups excluding carboxylic acids is 2. The number of para-hydroxylation sites is 1. The van der Waals surface area contributed by atoms with Crippen LogP contribution in [0.1, 0.15) is 38.7 Å². The molecule has 0 radical (unpaired) electrons. The zero-order chi connectivity index (χ0) is 18.2. The summed E-state index contributed by atoms with van der Waals surface area (Å²) in [6.07, 6.45) is 3.28. The van der Waals surface area contributed by atoms with Crippen molar-refractivity contribution in [3.05, 3.63) is 29.8 Å². The first-order valence-electron chi connectivity index (χ1n) is 9.16. The fourth-order valence-electron chi connectivity index (χ4n) is 3.24. The van der Waals surface area contributed by atoms with Crippen LogP contribution in [0.15, 0.2) is 24.3 Å². The Labute approximate surface area is 150 Å². The Balaban J connectivity index is 1.84. The van der Waals surface area contributed by atoms with Crippen molar-refractivity contribution in [3.8, 4) is 5.75 Å². The third-order valence-electron chi connectivity index (χ3n) is 5.02. The molecule has 2 rings (SSSR count). The lowest BCUT2D eigenvalue weighted by Crippen LogP contribution is -2.40. The van der Waals surface area contributed by atoms with Gasteiger partial charge in [0.25, 0.3) is 0 Å². The van der Waals surface area contributed by atoms with Gasteiger partial charge in [0.1, 0.15) is 5.75 Å². The van der Waals surface area contributed by atoms with Crippen LogP contribution in [-0.2, 0) is 16.0 Å². The Morgan fingerprint density at radius 2 is 1.88 bits per heavy atom.